The van der Waals surface area contributed by atoms with Gasteiger partial charge >= 0.3 is 0 Å². The van der Waals surface area contributed by atoms with Gasteiger partial charge in [0.25, 0.3) is 5.91 Å². The highest BCUT2D eigenvalue weighted by molar-refractivity contribution is 5.92. The van der Waals surface area contributed by atoms with Gasteiger partial charge in [-0.1, -0.05) is 6.07 Å². The number of carbonyl (C=O) groups excluding carboxylic acids is 1. The number of hydrogen-bond donors (Lipinski definition) is 2. The highest BCUT2D eigenvalue weighted by Crippen LogP contribution is 2.27. The van der Waals surface area contributed by atoms with Crippen LogP contribution in [0.5, 0.6) is 5.75 Å². The van der Waals surface area contributed by atoms with E-state index in [1.807, 2.05) is 32.0 Å². The molecule has 0 unspecified atom stereocenters. The fourth-order valence-corrected chi connectivity index (χ4v) is 2.45. The van der Waals surface area contributed by atoms with Crippen molar-refractivity contribution in [3.8, 4) is 5.75 Å². The Morgan fingerprint density at radius 2 is 2.04 bits per heavy atom. The maximum Gasteiger partial charge on any atom is 0.270 e. The van der Waals surface area contributed by atoms with Gasteiger partial charge in [-0.15, -0.1) is 0 Å². The third kappa shape index (κ3) is 4.18. The molecule has 2 heterocycles. The van der Waals surface area contributed by atoms with Crippen molar-refractivity contribution in [3.63, 3.8) is 0 Å². The van der Waals surface area contributed by atoms with E-state index in [9.17, 15) is 4.79 Å². The second-order valence-corrected chi connectivity index (χ2v) is 5.81. The van der Waals surface area contributed by atoms with E-state index in [1.54, 1.807) is 31.6 Å². The summed E-state index contributed by atoms with van der Waals surface area (Å²) in [5.74, 6) is 1.37. The number of benzene rings is 1. The number of nitrogens with zero attached hydrogens (tertiary/aromatic N) is 2. The first kappa shape index (κ1) is 17.5. The minimum Gasteiger partial charge on any atom is -0.495 e. The molecule has 0 atom stereocenters. The standard InChI is InChI=1S/C19H20N4O3/c1-12-6-7-17(25-3)15(9-12)22-19-21-13(2)10-16(23-19)18(24)20-11-14-5-4-8-26-14/h4-10H,11H2,1-3H3,(H,20,24)(H,21,22,23). The van der Waals surface area contributed by atoms with Gasteiger partial charge in [0.2, 0.25) is 5.95 Å². The Morgan fingerprint density at radius 3 is 2.77 bits per heavy atom. The fourth-order valence-electron chi connectivity index (χ4n) is 2.45. The average molecular weight is 352 g/mol. The van der Waals surface area contributed by atoms with Crippen LogP contribution in [0.15, 0.2) is 47.1 Å². The predicted molar refractivity (Wildman–Crippen MR) is 97.7 cm³/mol. The SMILES string of the molecule is COc1ccc(C)cc1Nc1nc(C)cc(C(=O)NCc2ccco2)n1. The van der Waals surface area contributed by atoms with Crippen LogP contribution >= 0.6 is 0 Å². The number of nitrogens with one attached hydrogen (secondary N) is 2. The van der Waals surface area contributed by atoms with Crippen molar-refractivity contribution >= 4 is 17.5 Å². The number of rotatable bonds is 6. The van der Waals surface area contributed by atoms with Gasteiger partial charge < -0.3 is 19.8 Å². The molecular formula is C19H20N4O3. The highest BCUT2D eigenvalue weighted by atomic mass is 16.5. The molecule has 1 amide bonds. The Hall–Kier alpha value is -3.35. The molecule has 0 saturated carbocycles. The smallest absolute Gasteiger partial charge is 0.270 e. The van der Waals surface area contributed by atoms with Gasteiger partial charge in [-0.25, -0.2) is 9.97 Å². The van der Waals surface area contributed by atoms with Crippen molar-refractivity contribution < 1.29 is 13.9 Å². The Kier molecular flexibility index (Phi) is 5.17. The second kappa shape index (κ2) is 7.69. The molecule has 0 radical (unpaired) electrons. The van der Waals surface area contributed by atoms with Crippen molar-refractivity contribution in [1.29, 1.82) is 0 Å². The second-order valence-electron chi connectivity index (χ2n) is 5.81. The summed E-state index contributed by atoms with van der Waals surface area (Å²) in [6.07, 6.45) is 1.56. The van der Waals surface area contributed by atoms with Gasteiger partial charge in [0.05, 0.1) is 25.6 Å². The van der Waals surface area contributed by atoms with E-state index in [1.165, 1.54) is 0 Å². The normalized spacial score (nSPS) is 10.4. The van der Waals surface area contributed by atoms with Crippen molar-refractivity contribution in [3.05, 3.63) is 65.4 Å². The molecule has 0 bridgehead atoms. The number of hydrogen-bond acceptors (Lipinski definition) is 6. The minimum atomic E-state index is -0.300. The molecule has 0 aliphatic rings. The molecule has 134 valence electrons. The first-order valence-electron chi connectivity index (χ1n) is 8.13. The number of ether oxygens (including phenoxy) is 1. The molecule has 3 aromatic rings. The fraction of sp³-hybridized carbons (Fsp3) is 0.211. The quantitative estimate of drug-likeness (QED) is 0.707. The number of furan rings is 1. The zero-order chi connectivity index (χ0) is 18.5. The summed E-state index contributed by atoms with van der Waals surface area (Å²) in [4.78, 5) is 21.0. The summed E-state index contributed by atoms with van der Waals surface area (Å²) in [6, 6.07) is 11.0. The first-order valence-corrected chi connectivity index (χ1v) is 8.13. The molecule has 7 heteroatoms. The monoisotopic (exact) mass is 352 g/mol. The Labute approximate surface area is 151 Å². The zero-order valence-electron chi connectivity index (χ0n) is 14.9. The number of anilines is 2. The van der Waals surface area contributed by atoms with Crippen LogP contribution in [-0.4, -0.2) is 23.0 Å². The largest absolute Gasteiger partial charge is 0.495 e. The number of methoxy groups -OCH3 is 1. The van der Waals surface area contributed by atoms with E-state index in [4.69, 9.17) is 9.15 Å². The molecule has 0 fully saturated rings. The summed E-state index contributed by atoms with van der Waals surface area (Å²) < 4.78 is 10.6. The lowest BCUT2D eigenvalue weighted by Gasteiger charge is -2.12. The minimum absolute atomic E-state index is 0.276. The molecule has 26 heavy (non-hydrogen) atoms. The number of amides is 1. The molecular weight excluding hydrogens is 332 g/mol. The van der Waals surface area contributed by atoms with Crippen LogP contribution in [0.4, 0.5) is 11.6 Å². The molecule has 1 aromatic carbocycles. The van der Waals surface area contributed by atoms with Crippen molar-refractivity contribution in [2.75, 3.05) is 12.4 Å². The number of aromatic nitrogens is 2. The van der Waals surface area contributed by atoms with Gasteiger partial charge in [-0.3, -0.25) is 4.79 Å². The number of aryl methyl sites for hydroxylation is 2. The van der Waals surface area contributed by atoms with Crippen molar-refractivity contribution in [2.45, 2.75) is 20.4 Å². The van der Waals surface area contributed by atoms with Crippen LogP contribution in [0.1, 0.15) is 27.5 Å². The Bertz CT molecular complexity index is 907. The molecule has 0 saturated heterocycles. The van der Waals surface area contributed by atoms with Gasteiger partial charge in [0.15, 0.2) is 0 Å². The summed E-state index contributed by atoms with van der Waals surface area (Å²) in [6.45, 7) is 4.09. The van der Waals surface area contributed by atoms with E-state index in [0.29, 0.717) is 29.7 Å². The average Bonchev–Trinajstić information content (AvgIpc) is 3.13. The summed E-state index contributed by atoms with van der Waals surface area (Å²) in [5, 5.41) is 5.90. The molecule has 3 rings (SSSR count). The van der Waals surface area contributed by atoms with Gasteiger partial charge in [0.1, 0.15) is 17.2 Å². The third-order valence-electron chi connectivity index (χ3n) is 3.69. The van der Waals surface area contributed by atoms with Gasteiger partial charge in [-0.2, -0.15) is 0 Å². The van der Waals surface area contributed by atoms with Crippen LogP contribution in [0.25, 0.3) is 0 Å². The predicted octanol–water partition coefficient (Wildman–Crippen LogP) is 3.37. The first-order chi connectivity index (χ1) is 12.5. The lowest BCUT2D eigenvalue weighted by atomic mass is 10.2. The Balaban J connectivity index is 1.79. The molecule has 2 aromatic heterocycles. The van der Waals surface area contributed by atoms with Crippen LogP contribution in [0, 0.1) is 13.8 Å². The zero-order valence-corrected chi connectivity index (χ0v) is 14.9. The van der Waals surface area contributed by atoms with E-state index < -0.39 is 0 Å². The molecule has 2 N–H and O–H groups in total. The molecule has 0 spiro atoms. The van der Waals surface area contributed by atoms with Crippen LogP contribution in [0.2, 0.25) is 0 Å². The van der Waals surface area contributed by atoms with Crippen molar-refractivity contribution in [2.24, 2.45) is 0 Å². The summed E-state index contributed by atoms with van der Waals surface area (Å²) in [5.41, 5.74) is 2.76. The number of carbonyl (C=O) groups is 1. The van der Waals surface area contributed by atoms with E-state index in [0.717, 1.165) is 11.3 Å². The van der Waals surface area contributed by atoms with Crippen LogP contribution in [0.3, 0.4) is 0 Å². The lowest BCUT2D eigenvalue weighted by Crippen LogP contribution is -2.24. The van der Waals surface area contributed by atoms with Crippen LogP contribution in [-0.2, 0) is 6.54 Å². The maximum atomic E-state index is 12.4. The van der Waals surface area contributed by atoms with Crippen molar-refractivity contribution in [1.82, 2.24) is 15.3 Å². The van der Waals surface area contributed by atoms with Gasteiger partial charge in [0, 0.05) is 5.69 Å². The van der Waals surface area contributed by atoms with E-state index >= 15 is 0 Å². The third-order valence-corrected chi connectivity index (χ3v) is 3.69. The topological polar surface area (TPSA) is 89.3 Å². The summed E-state index contributed by atoms with van der Waals surface area (Å²) >= 11 is 0. The molecule has 0 aliphatic carbocycles. The van der Waals surface area contributed by atoms with E-state index in [-0.39, 0.29) is 11.6 Å². The van der Waals surface area contributed by atoms with Gasteiger partial charge in [-0.05, 0) is 49.7 Å². The van der Waals surface area contributed by atoms with E-state index in [2.05, 4.69) is 20.6 Å². The van der Waals surface area contributed by atoms with Crippen LogP contribution < -0.4 is 15.4 Å². The lowest BCUT2D eigenvalue weighted by molar-refractivity contribution is 0.0943. The highest BCUT2D eigenvalue weighted by Gasteiger charge is 2.12. The molecule has 7 nitrogen and oxygen atoms in total. The molecule has 0 aliphatic heterocycles. The Morgan fingerprint density at radius 1 is 1.19 bits per heavy atom. The summed E-state index contributed by atoms with van der Waals surface area (Å²) in [7, 11) is 1.60. The maximum absolute atomic E-state index is 12.4.